The Kier molecular flexibility index (Phi) is 5.16. The molecule has 1 saturated heterocycles. The zero-order valence-corrected chi connectivity index (χ0v) is 11.9. The summed E-state index contributed by atoms with van der Waals surface area (Å²) >= 11 is 6.16. The normalized spacial score (nSPS) is 22.4. The minimum absolute atomic E-state index is 0.192. The molecule has 2 unspecified atom stereocenters. The van der Waals surface area contributed by atoms with E-state index in [9.17, 15) is 4.39 Å². The van der Waals surface area contributed by atoms with Gasteiger partial charge in [0.25, 0.3) is 0 Å². The Bertz CT molecular complexity index is 410. The molecule has 5 heteroatoms. The maximum atomic E-state index is 14.1. The van der Waals surface area contributed by atoms with Gasteiger partial charge in [-0.25, -0.2) is 4.39 Å². The minimum Gasteiger partial charge on any atom is -0.378 e. The van der Waals surface area contributed by atoms with Crippen LogP contribution in [0.25, 0.3) is 0 Å². The predicted molar refractivity (Wildman–Crippen MR) is 74.8 cm³/mol. The van der Waals surface area contributed by atoms with Crippen molar-refractivity contribution in [1.29, 1.82) is 0 Å². The molecule has 2 N–H and O–H groups in total. The number of benzene rings is 1. The lowest BCUT2D eigenvalue weighted by molar-refractivity contribution is -0.0296. The molecule has 2 atom stereocenters. The first kappa shape index (κ1) is 14.7. The number of hydrogen-bond acceptors (Lipinski definition) is 3. The van der Waals surface area contributed by atoms with E-state index in [4.69, 9.17) is 22.1 Å². The summed E-state index contributed by atoms with van der Waals surface area (Å²) in [4.78, 5) is 2.22. The van der Waals surface area contributed by atoms with Gasteiger partial charge in [0, 0.05) is 29.7 Å². The van der Waals surface area contributed by atoms with Gasteiger partial charge in [-0.05, 0) is 18.6 Å². The summed E-state index contributed by atoms with van der Waals surface area (Å²) in [6.07, 6.45) is 0.947. The maximum absolute atomic E-state index is 14.1. The molecule has 19 heavy (non-hydrogen) atoms. The first-order valence-electron chi connectivity index (χ1n) is 6.66. The number of morpholine rings is 1. The molecule has 1 aromatic carbocycles. The molecule has 0 spiro atoms. The fourth-order valence-corrected chi connectivity index (χ4v) is 2.97. The molecule has 1 aliphatic heterocycles. The van der Waals surface area contributed by atoms with Gasteiger partial charge in [-0.3, -0.25) is 4.90 Å². The summed E-state index contributed by atoms with van der Waals surface area (Å²) < 4.78 is 19.6. The molecule has 0 aromatic heterocycles. The zero-order valence-electron chi connectivity index (χ0n) is 11.1. The first-order valence-corrected chi connectivity index (χ1v) is 7.04. The largest absolute Gasteiger partial charge is 0.378 e. The van der Waals surface area contributed by atoms with Crippen LogP contribution in [0.1, 0.15) is 24.9 Å². The highest BCUT2D eigenvalue weighted by Gasteiger charge is 2.31. The van der Waals surface area contributed by atoms with Crippen LogP contribution in [-0.2, 0) is 4.74 Å². The van der Waals surface area contributed by atoms with Crippen molar-refractivity contribution in [2.45, 2.75) is 25.4 Å². The van der Waals surface area contributed by atoms with E-state index in [1.165, 1.54) is 6.07 Å². The Balaban J connectivity index is 2.33. The lowest BCUT2D eigenvalue weighted by Crippen LogP contribution is -2.49. The van der Waals surface area contributed by atoms with Gasteiger partial charge >= 0.3 is 0 Å². The van der Waals surface area contributed by atoms with Crippen molar-refractivity contribution in [3.05, 3.63) is 34.6 Å². The molecular formula is C14H20ClFN2O. The first-order chi connectivity index (χ1) is 9.19. The van der Waals surface area contributed by atoms with Gasteiger partial charge in [0.05, 0.1) is 19.3 Å². The molecule has 0 bridgehead atoms. The van der Waals surface area contributed by atoms with Crippen LogP contribution in [0.15, 0.2) is 18.2 Å². The molecule has 1 aromatic rings. The summed E-state index contributed by atoms with van der Waals surface area (Å²) in [6.45, 7) is 4.52. The van der Waals surface area contributed by atoms with E-state index in [0.29, 0.717) is 30.3 Å². The fourth-order valence-electron chi connectivity index (χ4n) is 2.68. The van der Waals surface area contributed by atoms with Crippen molar-refractivity contribution in [1.82, 2.24) is 4.90 Å². The third kappa shape index (κ3) is 3.08. The van der Waals surface area contributed by atoms with Gasteiger partial charge in [-0.15, -0.1) is 0 Å². The molecule has 1 aliphatic rings. The van der Waals surface area contributed by atoms with Gasteiger partial charge in [0.15, 0.2) is 0 Å². The van der Waals surface area contributed by atoms with Gasteiger partial charge in [0.1, 0.15) is 5.82 Å². The SMILES string of the molecule is CCC1COCCN1C(CN)c1c(F)cccc1Cl. The summed E-state index contributed by atoms with van der Waals surface area (Å²) in [5.41, 5.74) is 6.39. The molecule has 0 radical (unpaired) electrons. The van der Waals surface area contributed by atoms with Crippen LogP contribution >= 0.6 is 11.6 Å². The molecular weight excluding hydrogens is 267 g/mol. The third-order valence-corrected chi connectivity index (χ3v) is 4.03. The summed E-state index contributed by atoms with van der Waals surface area (Å²) in [6, 6.07) is 4.83. The van der Waals surface area contributed by atoms with Crippen molar-refractivity contribution in [2.75, 3.05) is 26.3 Å². The maximum Gasteiger partial charge on any atom is 0.129 e. The van der Waals surface area contributed by atoms with Crippen LogP contribution in [0.2, 0.25) is 5.02 Å². The van der Waals surface area contributed by atoms with Crippen LogP contribution in [0.5, 0.6) is 0 Å². The molecule has 3 nitrogen and oxygen atoms in total. The standard InChI is InChI=1S/C14H20ClFN2O/c1-2-10-9-19-7-6-18(10)13(8-17)14-11(15)4-3-5-12(14)16/h3-5,10,13H,2,6-9,17H2,1H3. The van der Waals surface area contributed by atoms with Crippen LogP contribution in [0.4, 0.5) is 4.39 Å². The van der Waals surface area contributed by atoms with E-state index in [0.717, 1.165) is 13.0 Å². The Hall–Kier alpha value is -0.680. The van der Waals surface area contributed by atoms with Gasteiger partial charge in [-0.1, -0.05) is 24.6 Å². The van der Waals surface area contributed by atoms with Gasteiger partial charge in [-0.2, -0.15) is 0 Å². The average molecular weight is 287 g/mol. The van der Waals surface area contributed by atoms with E-state index in [1.54, 1.807) is 12.1 Å². The summed E-state index contributed by atoms with van der Waals surface area (Å²) in [7, 11) is 0. The Morgan fingerprint density at radius 1 is 1.58 bits per heavy atom. The highest BCUT2D eigenvalue weighted by Crippen LogP contribution is 2.32. The second kappa shape index (κ2) is 6.66. The predicted octanol–water partition coefficient (Wildman–Crippen LogP) is 2.59. The molecule has 1 heterocycles. The van der Waals surface area contributed by atoms with Crippen LogP contribution in [0, 0.1) is 5.82 Å². The second-order valence-corrected chi connectivity index (χ2v) is 5.17. The smallest absolute Gasteiger partial charge is 0.129 e. The van der Waals surface area contributed by atoms with E-state index in [-0.39, 0.29) is 17.9 Å². The van der Waals surface area contributed by atoms with Crippen molar-refractivity contribution < 1.29 is 9.13 Å². The number of hydrogen-bond donors (Lipinski definition) is 1. The van der Waals surface area contributed by atoms with Crippen LogP contribution in [0.3, 0.4) is 0 Å². The van der Waals surface area contributed by atoms with E-state index in [2.05, 4.69) is 11.8 Å². The molecule has 0 aliphatic carbocycles. The molecule has 106 valence electrons. The number of ether oxygens (including phenoxy) is 1. The zero-order chi connectivity index (χ0) is 13.8. The Morgan fingerprint density at radius 3 is 3.00 bits per heavy atom. The number of halogens is 2. The molecule has 0 amide bonds. The molecule has 0 saturated carbocycles. The quantitative estimate of drug-likeness (QED) is 0.925. The molecule has 1 fully saturated rings. The van der Waals surface area contributed by atoms with Crippen molar-refractivity contribution in [3.8, 4) is 0 Å². The lowest BCUT2D eigenvalue weighted by atomic mass is 10.0. The third-order valence-electron chi connectivity index (χ3n) is 3.70. The van der Waals surface area contributed by atoms with Crippen molar-refractivity contribution >= 4 is 11.6 Å². The second-order valence-electron chi connectivity index (χ2n) is 4.76. The van der Waals surface area contributed by atoms with Gasteiger partial charge < -0.3 is 10.5 Å². The van der Waals surface area contributed by atoms with Crippen LogP contribution < -0.4 is 5.73 Å². The molecule has 2 rings (SSSR count). The van der Waals surface area contributed by atoms with E-state index >= 15 is 0 Å². The fraction of sp³-hybridized carbons (Fsp3) is 0.571. The van der Waals surface area contributed by atoms with E-state index < -0.39 is 0 Å². The average Bonchev–Trinajstić information content (AvgIpc) is 2.43. The van der Waals surface area contributed by atoms with Crippen molar-refractivity contribution in [3.63, 3.8) is 0 Å². The van der Waals surface area contributed by atoms with Crippen LogP contribution in [-0.4, -0.2) is 37.2 Å². The van der Waals surface area contributed by atoms with Crippen molar-refractivity contribution in [2.24, 2.45) is 5.73 Å². The summed E-state index contributed by atoms with van der Waals surface area (Å²) in [5, 5.41) is 0.441. The van der Waals surface area contributed by atoms with Gasteiger partial charge in [0.2, 0.25) is 0 Å². The topological polar surface area (TPSA) is 38.5 Å². The number of nitrogens with zero attached hydrogens (tertiary/aromatic N) is 1. The monoisotopic (exact) mass is 286 g/mol. The Morgan fingerprint density at radius 2 is 2.37 bits per heavy atom. The van der Waals surface area contributed by atoms with E-state index in [1.807, 2.05) is 0 Å². The summed E-state index contributed by atoms with van der Waals surface area (Å²) in [5.74, 6) is -0.288. The minimum atomic E-state index is -0.288. The Labute approximate surface area is 118 Å². The highest BCUT2D eigenvalue weighted by atomic mass is 35.5. The lowest BCUT2D eigenvalue weighted by Gasteiger charge is -2.40. The highest BCUT2D eigenvalue weighted by molar-refractivity contribution is 6.31. The number of rotatable bonds is 4. The number of nitrogens with two attached hydrogens (primary N) is 1.